The van der Waals surface area contributed by atoms with Crippen LogP contribution in [0.2, 0.25) is 0 Å². The molecule has 0 spiro atoms. The molecule has 0 fully saturated rings. The predicted octanol–water partition coefficient (Wildman–Crippen LogP) is 5.51. The van der Waals surface area contributed by atoms with E-state index in [0.29, 0.717) is 0 Å². The zero-order valence-electron chi connectivity index (χ0n) is 17.5. The molecule has 0 saturated carbocycles. The number of hydrogen-bond donors (Lipinski definition) is 0. The second kappa shape index (κ2) is 9.35. The summed E-state index contributed by atoms with van der Waals surface area (Å²) in [6.07, 6.45) is 14.4. The number of hydrogen-bond acceptors (Lipinski definition) is 3. The Morgan fingerprint density at radius 1 is 0.900 bits per heavy atom. The minimum Gasteiger partial charge on any atom is -0.497 e. The third-order valence-corrected chi connectivity index (χ3v) is 5.30. The predicted molar refractivity (Wildman–Crippen MR) is 122 cm³/mol. The summed E-state index contributed by atoms with van der Waals surface area (Å²) in [7, 11) is 3.34. The van der Waals surface area contributed by atoms with Gasteiger partial charge < -0.3 is 18.6 Å². The van der Waals surface area contributed by atoms with Crippen molar-refractivity contribution < 1.29 is 9.47 Å². The Kier molecular flexibility index (Phi) is 6.18. The number of methoxy groups -OCH3 is 2. The van der Waals surface area contributed by atoms with Gasteiger partial charge in [0, 0.05) is 48.6 Å². The summed E-state index contributed by atoms with van der Waals surface area (Å²) in [5.41, 5.74) is 3.51. The summed E-state index contributed by atoms with van der Waals surface area (Å²) in [6, 6.07) is 14.6. The third kappa shape index (κ3) is 4.57. The molecular formula is C25H27N3O2. The summed E-state index contributed by atoms with van der Waals surface area (Å²) >= 11 is 0. The van der Waals surface area contributed by atoms with Crippen molar-refractivity contribution in [3.05, 3.63) is 78.5 Å². The Hall–Kier alpha value is -3.47. The second-order valence-corrected chi connectivity index (χ2v) is 7.28. The summed E-state index contributed by atoms with van der Waals surface area (Å²) in [4.78, 5) is 4.10. The standard InChI is InChI=1S/C25H27N3O2/c1-29-22-16-20(17-23(18-22)30-2)8-9-21-6-5-7-25-24(21)10-14-28(25)13-4-3-12-27-15-11-26-19-27/h5-11,14-19H,3-4,12-13H2,1-2H3/b9-8+. The zero-order chi connectivity index (χ0) is 20.8. The second-order valence-electron chi connectivity index (χ2n) is 7.28. The molecule has 0 aliphatic heterocycles. The highest BCUT2D eigenvalue weighted by Gasteiger charge is 2.05. The number of fused-ring (bicyclic) bond motifs is 1. The maximum absolute atomic E-state index is 5.37. The van der Waals surface area contributed by atoms with E-state index in [1.807, 2.05) is 36.9 Å². The monoisotopic (exact) mass is 401 g/mol. The lowest BCUT2D eigenvalue weighted by atomic mass is 10.1. The molecule has 0 unspecified atom stereocenters. The Bertz CT molecular complexity index is 1100. The quantitative estimate of drug-likeness (QED) is 0.274. The van der Waals surface area contributed by atoms with Crippen molar-refractivity contribution in [2.24, 2.45) is 0 Å². The van der Waals surface area contributed by atoms with Gasteiger partial charge in [-0.25, -0.2) is 4.98 Å². The zero-order valence-corrected chi connectivity index (χ0v) is 17.5. The molecule has 0 bridgehead atoms. The van der Waals surface area contributed by atoms with E-state index in [0.717, 1.165) is 43.0 Å². The van der Waals surface area contributed by atoms with Crippen molar-refractivity contribution >= 4 is 23.1 Å². The van der Waals surface area contributed by atoms with Crippen LogP contribution in [0.4, 0.5) is 0 Å². The normalized spacial score (nSPS) is 11.4. The van der Waals surface area contributed by atoms with E-state index in [9.17, 15) is 0 Å². The molecule has 0 radical (unpaired) electrons. The average molecular weight is 402 g/mol. The van der Waals surface area contributed by atoms with E-state index in [2.05, 4.69) is 56.7 Å². The first kappa shape index (κ1) is 19.8. The largest absolute Gasteiger partial charge is 0.497 e. The first-order chi connectivity index (χ1) is 14.8. The van der Waals surface area contributed by atoms with Gasteiger partial charge in [-0.05, 0) is 48.2 Å². The Balaban J connectivity index is 1.48. The molecule has 2 heterocycles. The molecule has 0 N–H and O–H groups in total. The highest BCUT2D eigenvalue weighted by molar-refractivity contribution is 5.91. The fourth-order valence-corrected chi connectivity index (χ4v) is 3.69. The van der Waals surface area contributed by atoms with Crippen molar-refractivity contribution in [1.29, 1.82) is 0 Å². The van der Waals surface area contributed by atoms with Gasteiger partial charge in [0.2, 0.25) is 0 Å². The van der Waals surface area contributed by atoms with Crippen LogP contribution in [0.3, 0.4) is 0 Å². The highest BCUT2D eigenvalue weighted by Crippen LogP contribution is 2.26. The topological polar surface area (TPSA) is 41.2 Å². The van der Waals surface area contributed by atoms with Gasteiger partial charge in [-0.1, -0.05) is 24.3 Å². The van der Waals surface area contributed by atoms with Crippen LogP contribution >= 0.6 is 0 Å². The smallest absolute Gasteiger partial charge is 0.123 e. The summed E-state index contributed by atoms with van der Waals surface area (Å²) in [6.45, 7) is 2.02. The molecule has 2 aromatic heterocycles. The fourth-order valence-electron chi connectivity index (χ4n) is 3.69. The van der Waals surface area contributed by atoms with Gasteiger partial charge in [-0.3, -0.25) is 0 Å². The minimum atomic E-state index is 0.786. The van der Waals surface area contributed by atoms with Crippen LogP contribution in [-0.2, 0) is 13.1 Å². The molecular weight excluding hydrogens is 374 g/mol. The van der Waals surface area contributed by atoms with Gasteiger partial charge in [0.25, 0.3) is 0 Å². The Labute approximate surface area is 177 Å². The molecule has 2 aromatic carbocycles. The maximum Gasteiger partial charge on any atom is 0.123 e. The number of unbranched alkanes of at least 4 members (excludes halogenated alkanes) is 1. The van der Waals surface area contributed by atoms with E-state index in [4.69, 9.17) is 9.47 Å². The minimum absolute atomic E-state index is 0.786. The van der Waals surface area contributed by atoms with Crippen LogP contribution in [0.15, 0.2) is 67.4 Å². The lowest BCUT2D eigenvalue weighted by Crippen LogP contribution is -1.99. The lowest BCUT2D eigenvalue weighted by molar-refractivity contribution is 0.394. The summed E-state index contributed by atoms with van der Waals surface area (Å²) in [5, 5.41) is 1.26. The molecule has 0 saturated heterocycles. The van der Waals surface area contributed by atoms with Crippen LogP contribution in [0.25, 0.3) is 23.1 Å². The maximum atomic E-state index is 5.37. The van der Waals surface area contributed by atoms with E-state index < -0.39 is 0 Å². The highest BCUT2D eigenvalue weighted by atomic mass is 16.5. The number of imidazole rings is 1. The first-order valence-electron chi connectivity index (χ1n) is 10.2. The van der Waals surface area contributed by atoms with Gasteiger partial charge in [0.05, 0.1) is 20.5 Å². The van der Waals surface area contributed by atoms with Gasteiger partial charge in [-0.2, -0.15) is 0 Å². The van der Waals surface area contributed by atoms with Crippen molar-refractivity contribution in [2.75, 3.05) is 14.2 Å². The Morgan fingerprint density at radius 3 is 2.43 bits per heavy atom. The molecule has 0 amide bonds. The number of aryl methyl sites for hydroxylation is 2. The lowest BCUT2D eigenvalue weighted by Gasteiger charge is -2.07. The molecule has 154 valence electrons. The van der Waals surface area contributed by atoms with Crippen molar-refractivity contribution in [2.45, 2.75) is 25.9 Å². The van der Waals surface area contributed by atoms with Crippen molar-refractivity contribution in [3.8, 4) is 11.5 Å². The number of aromatic nitrogens is 3. The number of ether oxygens (including phenoxy) is 2. The fraction of sp³-hybridized carbons (Fsp3) is 0.240. The van der Waals surface area contributed by atoms with Crippen molar-refractivity contribution in [1.82, 2.24) is 14.1 Å². The molecule has 4 aromatic rings. The van der Waals surface area contributed by atoms with Gasteiger partial charge in [0.1, 0.15) is 11.5 Å². The molecule has 5 heteroatoms. The van der Waals surface area contributed by atoms with Crippen LogP contribution in [0, 0.1) is 0 Å². The van der Waals surface area contributed by atoms with E-state index in [1.54, 1.807) is 14.2 Å². The van der Waals surface area contributed by atoms with Crippen molar-refractivity contribution in [3.63, 3.8) is 0 Å². The van der Waals surface area contributed by atoms with Gasteiger partial charge in [0.15, 0.2) is 0 Å². The van der Waals surface area contributed by atoms with Crippen LogP contribution in [-0.4, -0.2) is 28.3 Å². The third-order valence-electron chi connectivity index (χ3n) is 5.30. The van der Waals surface area contributed by atoms with Crippen LogP contribution in [0.1, 0.15) is 24.0 Å². The summed E-state index contributed by atoms with van der Waals surface area (Å²) in [5.74, 6) is 1.57. The first-order valence-corrected chi connectivity index (χ1v) is 10.2. The van der Waals surface area contributed by atoms with Crippen LogP contribution < -0.4 is 9.47 Å². The van der Waals surface area contributed by atoms with Gasteiger partial charge >= 0.3 is 0 Å². The number of nitrogens with zero attached hydrogens (tertiary/aromatic N) is 3. The Morgan fingerprint density at radius 2 is 1.70 bits per heavy atom. The number of rotatable bonds is 9. The molecule has 4 rings (SSSR count). The molecule has 0 aliphatic rings. The average Bonchev–Trinajstić information content (AvgIpc) is 3.45. The number of benzene rings is 2. The molecule has 0 aliphatic carbocycles. The SMILES string of the molecule is COc1cc(/C=C/c2cccc3c2ccn3CCCCn2ccnc2)cc(OC)c1. The van der Waals surface area contributed by atoms with Gasteiger partial charge in [-0.15, -0.1) is 0 Å². The van der Waals surface area contributed by atoms with E-state index in [-0.39, 0.29) is 0 Å². The molecule has 0 atom stereocenters. The molecule has 5 nitrogen and oxygen atoms in total. The van der Waals surface area contributed by atoms with E-state index >= 15 is 0 Å². The summed E-state index contributed by atoms with van der Waals surface area (Å²) < 4.78 is 15.2. The van der Waals surface area contributed by atoms with E-state index in [1.165, 1.54) is 16.5 Å². The van der Waals surface area contributed by atoms with Crippen LogP contribution in [0.5, 0.6) is 11.5 Å². The molecule has 30 heavy (non-hydrogen) atoms.